The first kappa shape index (κ1) is 11.5. The van der Waals surface area contributed by atoms with E-state index in [9.17, 15) is 0 Å². The first-order valence-electron chi connectivity index (χ1n) is 4.45. The summed E-state index contributed by atoms with van der Waals surface area (Å²) in [6.45, 7) is 2.61. The standard InChI is InChI=1S/C9H15N5S/c1-6-3-7(5-15-6)4-13-9(11)14-8(10)12-2/h3,5H,4H2,1-2H3,(H5,10,11,12,13,14). The summed E-state index contributed by atoms with van der Waals surface area (Å²) in [5, 5.41) is 4.72. The highest BCUT2D eigenvalue weighted by molar-refractivity contribution is 7.10. The highest BCUT2D eigenvalue weighted by Gasteiger charge is 1.96. The minimum atomic E-state index is 0.262. The molecule has 0 aromatic carbocycles. The highest BCUT2D eigenvalue weighted by atomic mass is 32.1. The molecule has 0 aliphatic carbocycles. The second-order valence-electron chi connectivity index (χ2n) is 3.00. The highest BCUT2D eigenvalue weighted by Crippen LogP contribution is 2.13. The molecule has 1 aromatic rings. The molecule has 0 atom stereocenters. The van der Waals surface area contributed by atoms with Crippen LogP contribution in [0.4, 0.5) is 0 Å². The van der Waals surface area contributed by atoms with Crippen molar-refractivity contribution in [1.82, 2.24) is 5.32 Å². The maximum absolute atomic E-state index is 5.59. The number of rotatable bonds is 2. The number of hydrogen-bond acceptors (Lipinski definition) is 3. The smallest absolute Gasteiger partial charge is 0.195 e. The quantitative estimate of drug-likeness (QED) is 0.503. The summed E-state index contributed by atoms with van der Waals surface area (Å²) >= 11 is 1.70. The zero-order valence-electron chi connectivity index (χ0n) is 8.82. The molecule has 1 aromatic heterocycles. The van der Waals surface area contributed by atoms with E-state index in [0.717, 1.165) is 5.56 Å². The van der Waals surface area contributed by atoms with Gasteiger partial charge < -0.3 is 11.5 Å². The van der Waals surface area contributed by atoms with Crippen molar-refractivity contribution >= 4 is 23.3 Å². The van der Waals surface area contributed by atoms with Crippen LogP contribution in [0.5, 0.6) is 0 Å². The van der Waals surface area contributed by atoms with Crippen molar-refractivity contribution in [3.05, 3.63) is 21.9 Å². The lowest BCUT2D eigenvalue weighted by Crippen LogP contribution is -2.41. The van der Waals surface area contributed by atoms with Gasteiger partial charge in [-0.15, -0.1) is 11.3 Å². The fraction of sp³-hybridized carbons (Fsp3) is 0.333. The van der Waals surface area contributed by atoms with Crippen LogP contribution in [0.15, 0.2) is 21.4 Å². The molecule has 0 radical (unpaired) electrons. The predicted molar refractivity (Wildman–Crippen MR) is 65.1 cm³/mol. The van der Waals surface area contributed by atoms with Crippen molar-refractivity contribution in [3.63, 3.8) is 0 Å². The fourth-order valence-corrected chi connectivity index (χ4v) is 1.68. The molecule has 0 saturated heterocycles. The molecule has 0 amide bonds. The summed E-state index contributed by atoms with van der Waals surface area (Å²) < 4.78 is 0. The zero-order chi connectivity index (χ0) is 11.3. The van der Waals surface area contributed by atoms with E-state index in [0.29, 0.717) is 6.54 Å². The lowest BCUT2D eigenvalue weighted by atomic mass is 10.3. The Balaban J connectivity index is 2.50. The zero-order valence-corrected chi connectivity index (χ0v) is 9.64. The van der Waals surface area contributed by atoms with Gasteiger partial charge in [-0.25, -0.2) is 4.99 Å². The molecule has 15 heavy (non-hydrogen) atoms. The molecule has 0 spiro atoms. The van der Waals surface area contributed by atoms with Crippen LogP contribution < -0.4 is 16.8 Å². The molecule has 0 aliphatic rings. The molecule has 1 rings (SSSR count). The molecule has 0 fully saturated rings. The van der Waals surface area contributed by atoms with Gasteiger partial charge in [0.2, 0.25) is 0 Å². The van der Waals surface area contributed by atoms with E-state index in [1.807, 2.05) is 0 Å². The van der Waals surface area contributed by atoms with E-state index in [1.54, 1.807) is 18.4 Å². The van der Waals surface area contributed by atoms with Crippen LogP contribution >= 0.6 is 11.3 Å². The van der Waals surface area contributed by atoms with Gasteiger partial charge in [0.15, 0.2) is 11.9 Å². The molecule has 0 unspecified atom stereocenters. The topological polar surface area (TPSA) is 88.8 Å². The van der Waals surface area contributed by atoms with Crippen LogP contribution in [0.3, 0.4) is 0 Å². The van der Waals surface area contributed by atoms with Gasteiger partial charge in [0.05, 0.1) is 6.54 Å². The first-order valence-corrected chi connectivity index (χ1v) is 5.33. The second-order valence-corrected chi connectivity index (χ2v) is 4.12. The van der Waals surface area contributed by atoms with E-state index < -0.39 is 0 Å². The molecule has 82 valence electrons. The molecule has 1 heterocycles. The van der Waals surface area contributed by atoms with Gasteiger partial charge >= 0.3 is 0 Å². The molecule has 0 aliphatic heterocycles. The third-order valence-corrected chi connectivity index (χ3v) is 2.62. The van der Waals surface area contributed by atoms with Crippen LogP contribution in [-0.2, 0) is 6.54 Å². The van der Waals surface area contributed by atoms with Crippen LogP contribution in [-0.4, -0.2) is 19.0 Å². The Bertz CT molecular complexity index is 380. The lowest BCUT2D eigenvalue weighted by molar-refractivity contribution is 1.04. The monoisotopic (exact) mass is 225 g/mol. The predicted octanol–water partition coefficient (Wildman–Crippen LogP) is 0.405. The Kier molecular flexibility index (Phi) is 4.11. The Morgan fingerprint density at radius 3 is 2.73 bits per heavy atom. The number of aliphatic imine (C=N–C) groups is 2. The van der Waals surface area contributed by atoms with Crippen molar-refractivity contribution < 1.29 is 0 Å². The minimum absolute atomic E-state index is 0.262. The molecular weight excluding hydrogens is 210 g/mol. The van der Waals surface area contributed by atoms with Crippen molar-refractivity contribution in [2.24, 2.45) is 21.5 Å². The van der Waals surface area contributed by atoms with Crippen molar-refractivity contribution in [1.29, 1.82) is 0 Å². The Morgan fingerprint density at radius 2 is 2.20 bits per heavy atom. The minimum Gasteiger partial charge on any atom is -0.370 e. The molecule has 5 nitrogen and oxygen atoms in total. The Hall–Kier alpha value is -1.56. The molecule has 0 saturated carbocycles. The van der Waals surface area contributed by atoms with Gasteiger partial charge in [0.25, 0.3) is 0 Å². The van der Waals surface area contributed by atoms with Gasteiger partial charge in [-0.1, -0.05) is 0 Å². The van der Waals surface area contributed by atoms with E-state index in [1.165, 1.54) is 4.88 Å². The van der Waals surface area contributed by atoms with Gasteiger partial charge in [-0.3, -0.25) is 10.3 Å². The number of guanidine groups is 2. The Morgan fingerprint density at radius 1 is 1.47 bits per heavy atom. The summed E-state index contributed by atoms with van der Waals surface area (Å²) in [5.74, 6) is 0.541. The largest absolute Gasteiger partial charge is 0.370 e. The molecule has 6 heteroatoms. The van der Waals surface area contributed by atoms with Gasteiger partial charge in [0.1, 0.15) is 0 Å². The molecule has 5 N–H and O–H groups in total. The van der Waals surface area contributed by atoms with E-state index in [-0.39, 0.29) is 11.9 Å². The summed E-state index contributed by atoms with van der Waals surface area (Å²) in [4.78, 5) is 9.10. The SMILES string of the molecule is CN=C(N)NC(N)=NCc1csc(C)c1. The van der Waals surface area contributed by atoms with Gasteiger partial charge in [-0.05, 0) is 23.9 Å². The molecule has 0 bridgehead atoms. The summed E-state index contributed by atoms with van der Waals surface area (Å²) in [6.07, 6.45) is 0. The first-order chi connectivity index (χ1) is 7.11. The average Bonchev–Trinajstić information content (AvgIpc) is 2.61. The van der Waals surface area contributed by atoms with Gasteiger partial charge in [-0.2, -0.15) is 0 Å². The maximum atomic E-state index is 5.59. The molecular formula is C9H15N5S. The second kappa shape index (κ2) is 5.35. The van der Waals surface area contributed by atoms with Crippen LogP contribution in [0.1, 0.15) is 10.4 Å². The maximum Gasteiger partial charge on any atom is 0.195 e. The van der Waals surface area contributed by atoms with E-state index in [4.69, 9.17) is 11.5 Å². The number of aryl methyl sites for hydroxylation is 1. The number of nitrogens with two attached hydrogens (primary N) is 2. The number of hydrogen-bond donors (Lipinski definition) is 3. The number of nitrogens with zero attached hydrogens (tertiary/aromatic N) is 2. The fourth-order valence-electron chi connectivity index (χ4n) is 0.984. The van der Waals surface area contributed by atoms with Crippen LogP contribution in [0, 0.1) is 6.92 Å². The van der Waals surface area contributed by atoms with E-state index in [2.05, 4.69) is 33.7 Å². The van der Waals surface area contributed by atoms with Crippen LogP contribution in [0.2, 0.25) is 0 Å². The van der Waals surface area contributed by atoms with Gasteiger partial charge in [0, 0.05) is 11.9 Å². The van der Waals surface area contributed by atoms with Crippen molar-refractivity contribution in [3.8, 4) is 0 Å². The third-order valence-electron chi connectivity index (χ3n) is 1.71. The lowest BCUT2D eigenvalue weighted by Gasteiger charge is -2.02. The van der Waals surface area contributed by atoms with E-state index >= 15 is 0 Å². The average molecular weight is 225 g/mol. The van der Waals surface area contributed by atoms with Crippen molar-refractivity contribution in [2.75, 3.05) is 7.05 Å². The number of nitrogens with one attached hydrogen (secondary N) is 1. The summed E-state index contributed by atoms with van der Waals surface area (Å²) in [5.41, 5.74) is 12.2. The Labute approximate surface area is 92.9 Å². The third kappa shape index (κ3) is 3.99. The van der Waals surface area contributed by atoms with Crippen LogP contribution in [0.25, 0.3) is 0 Å². The summed E-state index contributed by atoms with van der Waals surface area (Å²) in [7, 11) is 1.58. The summed E-state index contributed by atoms with van der Waals surface area (Å²) in [6, 6.07) is 2.08. The normalized spacial score (nSPS) is 12.9. The van der Waals surface area contributed by atoms with Crippen molar-refractivity contribution in [2.45, 2.75) is 13.5 Å². The number of thiophene rings is 1.